The van der Waals surface area contributed by atoms with Gasteiger partial charge in [0.05, 0.1) is 11.8 Å². The molecule has 0 spiro atoms. The van der Waals surface area contributed by atoms with Crippen LogP contribution in [0.4, 0.5) is 5.69 Å². The van der Waals surface area contributed by atoms with Gasteiger partial charge in [-0.15, -0.1) is 0 Å². The molecule has 3 rings (SSSR count). The molecule has 1 aliphatic rings. The van der Waals surface area contributed by atoms with Crippen molar-refractivity contribution in [2.75, 3.05) is 4.90 Å². The molecule has 1 heterocycles. The maximum Gasteiger partial charge on any atom is 0.270 e. The number of hydrogen-bond acceptors (Lipinski definition) is 4. The lowest BCUT2D eigenvalue weighted by Crippen LogP contribution is -2.54. The van der Waals surface area contributed by atoms with E-state index >= 15 is 0 Å². The normalized spacial score (nSPS) is 16.8. The van der Waals surface area contributed by atoms with E-state index in [-0.39, 0.29) is 16.8 Å². The van der Waals surface area contributed by atoms with Crippen LogP contribution in [0.3, 0.4) is 0 Å². The molecule has 2 aromatic carbocycles. The number of ether oxygens (including phenoxy) is 1. The number of nitrogens with zero attached hydrogens (tertiary/aromatic N) is 1. The molecule has 0 saturated carbocycles. The fraction of sp³-hybridized carbons (Fsp3) is 0.292. The van der Waals surface area contributed by atoms with Crippen molar-refractivity contribution in [2.45, 2.75) is 46.1 Å². The summed E-state index contributed by atoms with van der Waals surface area (Å²) in [5, 5.41) is 2.70. The topological polar surface area (TPSA) is 58.6 Å². The SMILES string of the molecule is CC[C@@H](C)Oc1ccc(/C=C2\C(=O)NC(=S)N(c3ccc(C(C)C)cc3)C2=O)cc1. The van der Waals surface area contributed by atoms with Crippen LogP contribution in [0, 0.1) is 0 Å². The molecule has 1 aliphatic heterocycles. The first-order valence-electron chi connectivity index (χ1n) is 10.1. The summed E-state index contributed by atoms with van der Waals surface area (Å²) in [5.74, 6) is 0.186. The molecule has 1 atom stereocenters. The number of rotatable bonds is 6. The minimum Gasteiger partial charge on any atom is -0.491 e. The van der Waals surface area contributed by atoms with Crippen molar-refractivity contribution in [1.82, 2.24) is 5.32 Å². The van der Waals surface area contributed by atoms with Crippen molar-refractivity contribution in [3.05, 3.63) is 65.2 Å². The van der Waals surface area contributed by atoms with Crippen LogP contribution in [0.5, 0.6) is 5.75 Å². The van der Waals surface area contributed by atoms with Crippen LogP contribution < -0.4 is 15.0 Å². The summed E-state index contributed by atoms with van der Waals surface area (Å²) in [7, 11) is 0. The molecular formula is C24H26N2O3S. The lowest BCUT2D eigenvalue weighted by molar-refractivity contribution is -0.122. The molecule has 2 aromatic rings. The number of thiocarbonyl (C=S) groups is 1. The highest BCUT2D eigenvalue weighted by atomic mass is 32.1. The summed E-state index contributed by atoms with van der Waals surface area (Å²) in [6, 6.07) is 14.9. The van der Waals surface area contributed by atoms with E-state index in [4.69, 9.17) is 17.0 Å². The van der Waals surface area contributed by atoms with Gasteiger partial charge in [0.1, 0.15) is 11.3 Å². The smallest absolute Gasteiger partial charge is 0.270 e. The van der Waals surface area contributed by atoms with E-state index in [9.17, 15) is 9.59 Å². The Kier molecular flexibility index (Phi) is 6.67. The zero-order chi connectivity index (χ0) is 21.8. The molecule has 0 aromatic heterocycles. The van der Waals surface area contributed by atoms with Crippen LogP contribution in [0.1, 0.15) is 51.2 Å². The third-order valence-corrected chi connectivity index (χ3v) is 5.31. The zero-order valence-corrected chi connectivity index (χ0v) is 18.5. The van der Waals surface area contributed by atoms with Crippen LogP contribution in [0.25, 0.3) is 6.08 Å². The average Bonchev–Trinajstić information content (AvgIpc) is 2.72. The summed E-state index contributed by atoms with van der Waals surface area (Å²) in [6.45, 7) is 8.27. The lowest BCUT2D eigenvalue weighted by atomic mass is 10.0. The van der Waals surface area contributed by atoms with Crippen molar-refractivity contribution in [3.8, 4) is 5.75 Å². The zero-order valence-electron chi connectivity index (χ0n) is 17.6. The van der Waals surface area contributed by atoms with Crippen LogP contribution in [-0.2, 0) is 9.59 Å². The third kappa shape index (κ3) is 4.76. The van der Waals surface area contributed by atoms with E-state index in [0.29, 0.717) is 11.6 Å². The summed E-state index contributed by atoms with van der Waals surface area (Å²) in [6.07, 6.45) is 2.60. The van der Waals surface area contributed by atoms with E-state index in [1.165, 1.54) is 4.90 Å². The first-order chi connectivity index (χ1) is 14.3. The second kappa shape index (κ2) is 9.22. The largest absolute Gasteiger partial charge is 0.491 e. The summed E-state index contributed by atoms with van der Waals surface area (Å²) in [5.41, 5.74) is 2.55. The van der Waals surface area contributed by atoms with Gasteiger partial charge in [-0.25, -0.2) is 0 Å². The number of hydrogen-bond donors (Lipinski definition) is 1. The van der Waals surface area contributed by atoms with Gasteiger partial charge in [0, 0.05) is 0 Å². The molecule has 156 valence electrons. The van der Waals surface area contributed by atoms with Crippen LogP contribution in [-0.4, -0.2) is 23.0 Å². The highest BCUT2D eigenvalue weighted by Gasteiger charge is 2.34. The lowest BCUT2D eigenvalue weighted by Gasteiger charge is -2.29. The van der Waals surface area contributed by atoms with Gasteiger partial charge in [0.2, 0.25) is 0 Å². The molecule has 6 heteroatoms. The van der Waals surface area contributed by atoms with E-state index in [1.54, 1.807) is 6.08 Å². The first-order valence-corrected chi connectivity index (χ1v) is 10.5. The Morgan fingerprint density at radius 3 is 2.23 bits per heavy atom. The Bertz CT molecular complexity index is 979. The second-order valence-electron chi connectivity index (χ2n) is 7.61. The maximum atomic E-state index is 13.1. The van der Waals surface area contributed by atoms with Gasteiger partial charge >= 0.3 is 0 Å². The predicted octanol–water partition coefficient (Wildman–Crippen LogP) is 4.82. The monoisotopic (exact) mass is 422 g/mol. The number of carbonyl (C=O) groups is 2. The molecule has 2 amide bonds. The Hall–Kier alpha value is -2.99. The van der Waals surface area contributed by atoms with E-state index in [2.05, 4.69) is 26.1 Å². The Morgan fingerprint density at radius 1 is 1.03 bits per heavy atom. The van der Waals surface area contributed by atoms with Crippen molar-refractivity contribution in [3.63, 3.8) is 0 Å². The summed E-state index contributed by atoms with van der Waals surface area (Å²) < 4.78 is 5.77. The molecule has 5 nitrogen and oxygen atoms in total. The molecule has 1 fully saturated rings. The maximum absolute atomic E-state index is 13.1. The summed E-state index contributed by atoms with van der Waals surface area (Å²) in [4.78, 5) is 26.9. The van der Waals surface area contributed by atoms with Crippen molar-refractivity contribution in [1.29, 1.82) is 0 Å². The van der Waals surface area contributed by atoms with Gasteiger partial charge in [-0.1, -0.05) is 45.0 Å². The fourth-order valence-corrected chi connectivity index (χ4v) is 3.31. The summed E-state index contributed by atoms with van der Waals surface area (Å²) >= 11 is 5.26. The molecule has 0 aliphatic carbocycles. The van der Waals surface area contributed by atoms with Crippen molar-refractivity contribution in [2.24, 2.45) is 0 Å². The molecule has 0 bridgehead atoms. The third-order valence-electron chi connectivity index (χ3n) is 5.02. The van der Waals surface area contributed by atoms with Gasteiger partial charge in [-0.05, 0) is 72.9 Å². The number of benzene rings is 2. The van der Waals surface area contributed by atoms with E-state index in [1.807, 2.05) is 55.5 Å². The number of amides is 2. The fourth-order valence-electron chi connectivity index (χ4n) is 3.03. The van der Waals surface area contributed by atoms with Gasteiger partial charge in [-0.2, -0.15) is 0 Å². The molecule has 30 heavy (non-hydrogen) atoms. The minimum atomic E-state index is -0.500. The van der Waals surface area contributed by atoms with Gasteiger partial charge < -0.3 is 4.74 Å². The highest BCUT2D eigenvalue weighted by Crippen LogP contribution is 2.25. The number of carbonyl (C=O) groups excluding carboxylic acids is 2. The quantitative estimate of drug-likeness (QED) is 0.412. The molecular weight excluding hydrogens is 396 g/mol. The number of nitrogens with one attached hydrogen (secondary N) is 1. The molecule has 1 N–H and O–H groups in total. The van der Waals surface area contributed by atoms with Gasteiger partial charge in [-0.3, -0.25) is 19.8 Å². The Balaban J connectivity index is 1.86. The average molecular weight is 423 g/mol. The van der Waals surface area contributed by atoms with Crippen molar-refractivity contribution < 1.29 is 14.3 Å². The van der Waals surface area contributed by atoms with Crippen LogP contribution >= 0.6 is 12.2 Å². The van der Waals surface area contributed by atoms with Gasteiger partial charge in [0.15, 0.2) is 5.11 Å². The molecule has 0 unspecified atom stereocenters. The molecule has 0 radical (unpaired) electrons. The number of anilines is 1. The Labute approximate surface area is 182 Å². The Morgan fingerprint density at radius 2 is 1.67 bits per heavy atom. The van der Waals surface area contributed by atoms with E-state index < -0.39 is 11.8 Å². The highest BCUT2D eigenvalue weighted by molar-refractivity contribution is 7.80. The molecule has 1 saturated heterocycles. The first kappa shape index (κ1) is 21.7. The van der Waals surface area contributed by atoms with Crippen LogP contribution in [0.15, 0.2) is 54.1 Å². The second-order valence-corrected chi connectivity index (χ2v) is 8.00. The van der Waals surface area contributed by atoms with Gasteiger partial charge in [0.25, 0.3) is 11.8 Å². The van der Waals surface area contributed by atoms with Crippen molar-refractivity contribution >= 4 is 40.9 Å². The minimum absolute atomic E-state index is 0.0344. The van der Waals surface area contributed by atoms with Crippen LogP contribution in [0.2, 0.25) is 0 Å². The predicted molar refractivity (Wildman–Crippen MR) is 124 cm³/mol. The standard InChI is InChI=1S/C24H26N2O3S/c1-5-16(4)29-20-12-6-17(7-13-20)14-21-22(27)25-24(30)26(23(21)28)19-10-8-18(9-11-19)15(2)3/h6-16H,5H2,1-4H3,(H,25,27,30)/b21-14+/t16-/m1/s1. The van der Waals surface area contributed by atoms with E-state index in [0.717, 1.165) is 23.3 Å².